The number of benzene rings is 1. The maximum atomic E-state index is 9.84. The van der Waals surface area contributed by atoms with Crippen molar-refractivity contribution >= 4 is 0 Å². The van der Waals surface area contributed by atoms with Crippen LogP contribution in [0.5, 0.6) is 5.75 Å². The minimum atomic E-state index is -0.652. The lowest BCUT2D eigenvalue weighted by Crippen LogP contribution is -2.11. The molecule has 0 saturated carbocycles. The third-order valence-corrected chi connectivity index (χ3v) is 2.75. The van der Waals surface area contributed by atoms with E-state index in [1.807, 2.05) is 0 Å². The summed E-state index contributed by atoms with van der Waals surface area (Å²) in [6, 6.07) is 6.49. The van der Waals surface area contributed by atoms with Gasteiger partial charge in [-0.15, -0.1) is 0 Å². The average molecular weight is 240 g/mol. The van der Waals surface area contributed by atoms with Crippen LogP contribution in [0.2, 0.25) is 0 Å². The van der Waals surface area contributed by atoms with Gasteiger partial charge < -0.3 is 20.4 Å². The highest BCUT2D eigenvalue weighted by molar-refractivity contribution is 5.27. The Labute approximate surface area is 101 Å². The van der Waals surface area contributed by atoms with Gasteiger partial charge in [-0.2, -0.15) is 0 Å². The molecule has 0 aliphatic heterocycles. The molecule has 4 nitrogen and oxygen atoms in total. The molecule has 4 N–H and O–H groups in total. The molecule has 0 aliphatic carbocycles. The van der Waals surface area contributed by atoms with Crippen molar-refractivity contribution in [3.05, 3.63) is 29.8 Å². The molecule has 2 unspecified atom stereocenters. The summed E-state index contributed by atoms with van der Waals surface area (Å²) < 4.78 is 0. The first-order valence-corrected chi connectivity index (χ1v) is 5.89. The van der Waals surface area contributed by atoms with Crippen LogP contribution in [0.4, 0.5) is 0 Å². The van der Waals surface area contributed by atoms with Crippen molar-refractivity contribution in [2.75, 3.05) is 6.61 Å². The van der Waals surface area contributed by atoms with Crippen LogP contribution in [0.1, 0.15) is 37.4 Å². The molecule has 17 heavy (non-hydrogen) atoms. The number of unbranched alkanes of at least 4 members (excludes halogenated alkanes) is 1. The van der Waals surface area contributed by atoms with E-state index in [-0.39, 0.29) is 12.4 Å². The number of phenols is 1. The van der Waals surface area contributed by atoms with Gasteiger partial charge in [-0.25, -0.2) is 0 Å². The second kappa shape index (κ2) is 7.27. The highest BCUT2D eigenvalue weighted by Crippen LogP contribution is 2.21. The first-order valence-electron chi connectivity index (χ1n) is 5.89. The molecule has 0 bridgehead atoms. The number of aromatic hydroxyl groups is 1. The minimum absolute atomic E-state index is 0.187. The Bertz CT molecular complexity index is 310. The molecule has 96 valence electrons. The Morgan fingerprint density at radius 2 is 1.53 bits per heavy atom. The predicted molar refractivity (Wildman–Crippen MR) is 64.6 cm³/mol. The number of hydrogen-bond donors (Lipinski definition) is 4. The normalized spacial score (nSPS) is 14.5. The standard InChI is InChI=1S/C13H20O4/c14-9-12(16)3-1-2-4-13(17)10-5-7-11(15)8-6-10/h5-8,12-17H,1-4,9H2. The quantitative estimate of drug-likeness (QED) is 0.542. The van der Waals surface area contributed by atoms with Crippen LogP contribution in [-0.2, 0) is 0 Å². The van der Waals surface area contributed by atoms with Crippen molar-refractivity contribution in [3.8, 4) is 5.75 Å². The van der Waals surface area contributed by atoms with Crippen LogP contribution in [-0.4, -0.2) is 33.1 Å². The number of phenolic OH excluding ortho intramolecular Hbond substituents is 1. The Morgan fingerprint density at radius 1 is 0.941 bits per heavy atom. The van der Waals surface area contributed by atoms with Gasteiger partial charge in [0.15, 0.2) is 0 Å². The highest BCUT2D eigenvalue weighted by atomic mass is 16.3. The molecular formula is C13H20O4. The SMILES string of the molecule is OCC(O)CCCCC(O)c1ccc(O)cc1. The molecule has 0 aromatic heterocycles. The molecule has 0 heterocycles. The van der Waals surface area contributed by atoms with Gasteiger partial charge in [-0.05, 0) is 30.5 Å². The van der Waals surface area contributed by atoms with Crippen molar-refractivity contribution in [1.82, 2.24) is 0 Å². The van der Waals surface area contributed by atoms with E-state index in [1.54, 1.807) is 24.3 Å². The molecule has 0 radical (unpaired) electrons. The van der Waals surface area contributed by atoms with E-state index >= 15 is 0 Å². The Morgan fingerprint density at radius 3 is 2.12 bits per heavy atom. The third-order valence-electron chi connectivity index (χ3n) is 2.75. The maximum absolute atomic E-state index is 9.84. The van der Waals surface area contributed by atoms with Crippen LogP contribution >= 0.6 is 0 Å². The molecule has 4 heteroatoms. The minimum Gasteiger partial charge on any atom is -0.508 e. The van der Waals surface area contributed by atoms with E-state index in [0.29, 0.717) is 12.8 Å². The lowest BCUT2D eigenvalue weighted by Gasteiger charge is -2.11. The van der Waals surface area contributed by atoms with Crippen molar-refractivity contribution in [1.29, 1.82) is 0 Å². The zero-order valence-electron chi connectivity index (χ0n) is 9.79. The van der Waals surface area contributed by atoms with Crippen LogP contribution in [0.25, 0.3) is 0 Å². The van der Waals surface area contributed by atoms with Gasteiger partial charge in [0.1, 0.15) is 5.75 Å². The molecule has 0 saturated heterocycles. The number of hydrogen-bond acceptors (Lipinski definition) is 4. The van der Waals surface area contributed by atoms with E-state index < -0.39 is 12.2 Å². The number of aliphatic hydroxyl groups is 3. The zero-order chi connectivity index (χ0) is 12.7. The van der Waals surface area contributed by atoms with Gasteiger partial charge in [0, 0.05) is 0 Å². The summed E-state index contributed by atoms with van der Waals surface area (Å²) in [7, 11) is 0. The fourth-order valence-electron chi connectivity index (χ4n) is 1.67. The van der Waals surface area contributed by atoms with E-state index in [2.05, 4.69) is 0 Å². The van der Waals surface area contributed by atoms with Crippen LogP contribution in [0, 0.1) is 0 Å². The molecule has 1 rings (SSSR count). The second-order valence-electron chi connectivity index (χ2n) is 4.23. The second-order valence-corrected chi connectivity index (χ2v) is 4.23. The largest absolute Gasteiger partial charge is 0.508 e. The third kappa shape index (κ3) is 5.17. The number of rotatable bonds is 7. The van der Waals surface area contributed by atoms with Crippen molar-refractivity contribution < 1.29 is 20.4 Å². The molecule has 0 aliphatic rings. The lowest BCUT2D eigenvalue weighted by atomic mass is 10.0. The molecular weight excluding hydrogens is 220 g/mol. The van der Waals surface area contributed by atoms with Crippen LogP contribution < -0.4 is 0 Å². The summed E-state index contributed by atoms with van der Waals surface area (Å²) in [5.41, 5.74) is 0.783. The van der Waals surface area contributed by atoms with E-state index in [9.17, 15) is 5.11 Å². The highest BCUT2D eigenvalue weighted by Gasteiger charge is 2.08. The summed E-state index contributed by atoms with van der Waals surface area (Å²) in [4.78, 5) is 0. The van der Waals surface area contributed by atoms with Gasteiger partial charge in [0.05, 0.1) is 18.8 Å². The van der Waals surface area contributed by atoms with Gasteiger partial charge >= 0.3 is 0 Å². The fourth-order valence-corrected chi connectivity index (χ4v) is 1.67. The van der Waals surface area contributed by atoms with Crippen LogP contribution in [0.3, 0.4) is 0 Å². The van der Waals surface area contributed by atoms with Gasteiger partial charge in [0.25, 0.3) is 0 Å². The Kier molecular flexibility index (Phi) is 5.97. The Hall–Kier alpha value is -1.10. The topological polar surface area (TPSA) is 80.9 Å². The summed E-state index contributed by atoms with van der Waals surface area (Å²) in [6.07, 6.45) is 1.54. The molecule has 1 aromatic carbocycles. The van der Waals surface area contributed by atoms with Gasteiger partial charge in [0.2, 0.25) is 0 Å². The van der Waals surface area contributed by atoms with Gasteiger partial charge in [-0.3, -0.25) is 0 Å². The van der Waals surface area contributed by atoms with E-state index in [1.165, 1.54) is 0 Å². The zero-order valence-corrected chi connectivity index (χ0v) is 9.79. The predicted octanol–water partition coefficient (Wildman–Crippen LogP) is 1.34. The monoisotopic (exact) mass is 240 g/mol. The average Bonchev–Trinajstić information content (AvgIpc) is 2.34. The lowest BCUT2D eigenvalue weighted by molar-refractivity contribution is 0.0841. The molecule has 2 atom stereocenters. The molecule has 1 aromatic rings. The first-order chi connectivity index (χ1) is 8.13. The molecule has 0 fully saturated rings. The summed E-state index contributed by atoms with van der Waals surface area (Å²) in [5, 5.41) is 36.7. The van der Waals surface area contributed by atoms with Crippen molar-refractivity contribution in [2.24, 2.45) is 0 Å². The van der Waals surface area contributed by atoms with Crippen molar-refractivity contribution in [3.63, 3.8) is 0 Å². The van der Waals surface area contributed by atoms with Crippen molar-refractivity contribution in [2.45, 2.75) is 37.9 Å². The molecule has 0 spiro atoms. The summed E-state index contributed by atoms with van der Waals surface area (Å²) in [6.45, 7) is -0.208. The first kappa shape index (κ1) is 14.0. The maximum Gasteiger partial charge on any atom is 0.115 e. The summed E-state index contributed by atoms with van der Waals surface area (Å²) >= 11 is 0. The van der Waals surface area contributed by atoms with Crippen LogP contribution in [0.15, 0.2) is 24.3 Å². The number of aliphatic hydroxyl groups excluding tert-OH is 3. The summed E-state index contributed by atoms with van der Waals surface area (Å²) in [5.74, 6) is 0.187. The molecule has 0 amide bonds. The van der Waals surface area contributed by atoms with Gasteiger partial charge in [-0.1, -0.05) is 25.0 Å². The Balaban J connectivity index is 2.25. The smallest absolute Gasteiger partial charge is 0.115 e. The fraction of sp³-hybridized carbons (Fsp3) is 0.538. The van der Waals surface area contributed by atoms with E-state index in [0.717, 1.165) is 18.4 Å². The van der Waals surface area contributed by atoms with E-state index in [4.69, 9.17) is 15.3 Å².